The van der Waals surface area contributed by atoms with Gasteiger partial charge >= 0.3 is 12.1 Å². The van der Waals surface area contributed by atoms with Crippen molar-refractivity contribution in [2.24, 2.45) is 5.92 Å². The molecule has 1 unspecified atom stereocenters. The van der Waals surface area contributed by atoms with Gasteiger partial charge in [-0.2, -0.15) is 8.78 Å². The number of ether oxygens (including phenoxy) is 3. The van der Waals surface area contributed by atoms with Gasteiger partial charge in [0.05, 0.1) is 12.5 Å². The van der Waals surface area contributed by atoms with Crippen LogP contribution in [0.1, 0.15) is 46.6 Å². The van der Waals surface area contributed by atoms with Gasteiger partial charge in [0.2, 0.25) is 17.5 Å². The van der Waals surface area contributed by atoms with E-state index in [4.69, 9.17) is 14.2 Å². The zero-order chi connectivity index (χ0) is 30.9. The maximum absolute atomic E-state index is 14.0. The van der Waals surface area contributed by atoms with Crippen LogP contribution in [0.5, 0.6) is 5.75 Å². The Hall–Kier alpha value is -3.87. The normalized spacial score (nSPS) is 13.6. The predicted octanol–water partition coefficient (Wildman–Crippen LogP) is 4.15. The molecule has 0 aliphatic heterocycles. The molecule has 226 valence electrons. The lowest BCUT2D eigenvalue weighted by atomic mass is 10.0. The van der Waals surface area contributed by atoms with Crippen LogP contribution in [-0.4, -0.2) is 53.5 Å². The lowest BCUT2D eigenvalue weighted by molar-refractivity contribution is -0.156. The van der Waals surface area contributed by atoms with Crippen LogP contribution < -0.4 is 15.4 Å². The highest BCUT2D eigenvalue weighted by Crippen LogP contribution is 2.27. The number of benzene rings is 2. The highest BCUT2D eigenvalue weighted by atomic mass is 19.2. The summed E-state index contributed by atoms with van der Waals surface area (Å²) < 4.78 is 70.3. The van der Waals surface area contributed by atoms with E-state index in [2.05, 4.69) is 10.6 Å². The summed E-state index contributed by atoms with van der Waals surface area (Å²) in [6, 6.07) is 6.11. The van der Waals surface area contributed by atoms with Gasteiger partial charge in [0, 0.05) is 6.07 Å². The average molecular weight is 587 g/mol. The highest BCUT2D eigenvalue weighted by molar-refractivity contribution is 5.86. The first-order valence-corrected chi connectivity index (χ1v) is 12.7. The minimum atomic E-state index is -1.83. The Labute approximate surface area is 235 Å². The summed E-state index contributed by atoms with van der Waals surface area (Å²) in [5, 5.41) is 15.5. The minimum Gasteiger partial charge on any atom is -0.485 e. The molecule has 0 aliphatic rings. The van der Waals surface area contributed by atoms with Crippen molar-refractivity contribution >= 4 is 18.0 Å². The van der Waals surface area contributed by atoms with E-state index in [1.807, 2.05) is 0 Å². The number of nitrogens with one attached hydrogen (secondary N) is 2. The molecule has 3 atom stereocenters. The minimum absolute atomic E-state index is 0.0105. The van der Waals surface area contributed by atoms with Crippen LogP contribution in [0.4, 0.5) is 22.4 Å². The lowest BCUT2D eigenvalue weighted by Crippen LogP contribution is -2.55. The Morgan fingerprint density at radius 1 is 0.951 bits per heavy atom. The summed E-state index contributed by atoms with van der Waals surface area (Å²) in [5.41, 5.74) is -0.219. The standard InChI is InChI=1S/C28H34F4N2O7/c1-15(2)24(34-27(38)40-13-16-9-7-6-8-10-16)26(37)33-19(12-21(36)41-28(3,4)5)20(35)14-39-25-22(31)17(29)11-18(30)23(25)32/h6-11,15,19-20,24,35H,12-14H2,1-5H3,(H,33,37)(H,34,38)/t19-,20?,24-/m0/s1. The molecular weight excluding hydrogens is 552 g/mol. The van der Waals surface area contributed by atoms with Gasteiger partial charge in [0.1, 0.15) is 31.0 Å². The van der Waals surface area contributed by atoms with Crippen molar-refractivity contribution in [1.82, 2.24) is 10.6 Å². The number of carbonyl (C=O) groups is 3. The van der Waals surface area contributed by atoms with Crippen molar-refractivity contribution in [2.75, 3.05) is 6.61 Å². The van der Waals surface area contributed by atoms with E-state index in [1.54, 1.807) is 65.0 Å². The SMILES string of the molecule is CC(C)[C@H](NC(=O)OCc1ccccc1)C(=O)N[C@@H](CC(=O)OC(C)(C)C)C(O)COc1c(F)c(F)cc(F)c1F. The Balaban J connectivity index is 2.17. The first-order valence-electron chi connectivity index (χ1n) is 12.7. The Bertz CT molecular complexity index is 1180. The predicted molar refractivity (Wildman–Crippen MR) is 139 cm³/mol. The van der Waals surface area contributed by atoms with E-state index in [9.17, 15) is 37.1 Å². The third-order valence-electron chi connectivity index (χ3n) is 5.50. The summed E-state index contributed by atoms with van der Waals surface area (Å²) in [6.45, 7) is 6.95. The van der Waals surface area contributed by atoms with Crippen LogP contribution in [0.2, 0.25) is 0 Å². The fraction of sp³-hybridized carbons (Fsp3) is 0.464. The second-order valence-corrected chi connectivity index (χ2v) is 10.5. The largest absolute Gasteiger partial charge is 0.485 e. The Morgan fingerprint density at radius 2 is 1.54 bits per heavy atom. The van der Waals surface area contributed by atoms with E-state index in [0.717, 1.165) is 0 Å². The Kier molecular flexibility index (Phi) is 11.9. The maximum Gasteiger partial charge on any atom is 0.408 e. The summed E-state index contributed by atoms with van der Waals surface area (Å²) in [4.78, 5) is 38.0. The number of hydrogen-bond donors (Lipinski definition) is 3. The molecule has 0 bridgehead atoms. The number of hydrogen-bond acceptors (Lipinski definition) is 7. The van der Waals surface area contributed by atoms with Crippen LogP contribution in [0.25, 0.3) is 0 Å². The molecular formula is C28H34F4N2O7. The molecule has 2 amide bonds. The van der Waals surface area contributed by atoms with Gasteiger partial charge in [-0.05, 0) is 32.3 Å². The average Bonchev–Trinajstić information content (AvgIpc) is 2.88. The third kappa shape index (κ3) is 10.6. The maximum atomic E-state index is 14.0. The molecule has 0 aliphatic carbocycles. The fourth-order valence-corrected chi connectivity index (χ4v) is 3.51. The molecule has 0 saturated heterocycles. The van der Waals surface area contributed by atoms with Gasteiger partial charge < -0.3 is 30.0 Å². The Morgan fingerprint density at radius 3 is 2.07 bits per heavy atom. The molecule has 0 radical (unpaired) electrons. The molecule has 13 heteroatoms. The van der Waals surface area contributed by atoms with E-state index in [0.29, 0.717) is 5.56 Å². The molecule has 2 aromatic carbocycles. The second-order valence-electron chi connectivity index (χ2n) is 10.5. The summed E-state index contributed by atoms with van der Waals surface area (Å²) in [5.74, 6) is -10.7. The number of aliphatic hydroxyl groups is 1. The van der Waals surface area contributed by atoms with Crippen LogP contribution in [0, 0.1) is 29.2 Å². The number of amides is 2. The van der Waals surface area contributed by atoms with Crippen molar-refractivity contribution in [3.63, 3.8) is 0 Å². The number of rotatable bonds is 12. The van der Waals surface area contributed by atoms with Crippen LogP contribution in [-0.2, 0) is 25.7 Å². The van der Waals surface area contributed by atoms with Gasteiger partial charge in [-0.25, -0.2) is 13.6 Å². The molecule has 9 nitrogen and oxygen atoms in total. The van der Waals surface area contributed by atoms with Gasteiger partial charge in [-0.3, -0.25) is 9.59 Å². The number of aliphatic hydroxyl groups excluding tert-OH is 1. The third-order valence-corrected chi connectivity index (χ3v) is 5.50. The molecule has 41 heavy (non-hydrogen) atoms. The van der Waals surface area contributed by atoms with Gasteiger partial charge in [-0.15, -0.1) is 0 Å². The molecule has 2 aromatic rings. The number of carbonyl (C=O) groups excluding carboxylic acids is 3. The van der Waals surface area contributed by atoms with Crippen molar-refractivity contribution < 1.29 is 51.3 Å². The zero-order valence-electron chi connectivity index (χ0n) is 23.3. The number of esters is 1. The smallest absolute Gasteiger partial charge is 0.408 e. The van der Waals surface area contributed by atoms with E-state index >= 15 is 0 Å². The first kappa shape index (κ1) is 33.3. The van der Waals surface area contributed by atoms with Crippen molar-refractivity contribution in [3.8, 4) is 5.75 Å². The molecule has 0 heterocycles. The molecule has 0 aromatic heterocycles. The lowest BCUT2D eigenvalue weighted by Gasteiger charge is -2.29. The van der Waals surface area contributed by atoms with Gasteiger partial charge in [0.15, 0.2) is 17.4 Å². The van der Waals surface area contributed by atoms with Gasteiger partial charge in [0.25, 0.3) is 0 Å². The molecule has 0 spiro atoms. The summed E-state index contributed by atoms with van der Waals surface area (Å²) in [7, 11) is 0. The molecule has 3 N–H and O–H groups in total. The monoisotopic (exact) mass is 586 g/mol. The summed E-state index contributed by atoms with van der Waals surface area (Å²) in [6.07, 6.45) is -3.36. The van der Waals surface area contributed by atoms with Crippen LogP contribution >= 0.6 is 0 Å². The zero-order valence-corrected chi connectivity index (χ0v) is 23.3. The van der Waals surface area contributed by atoms with Gasteiger partial charge in [-0.1, -0.05) is 44.2 Å². The highest BCUT2D eigenvalue weighted by Gasteiger charge is 2.33. The number of alkyl carbamates (subject to hydrolysis) is 1. The molecule has 0 saturated carbocycles. The van der Waals surface area contributed by atoms with Crippen molar-refractivity contribution in [3.05, 3.63) is 65.2 Å². The van der Waals surface area contributed by atoms with E-state index in [-0.39, 0.29) is 12.7 Å². The quantitative estimate of drug-likeness (QED) is 0.194. The van der Waals surface area contributed by atoms with Crippen molar-refractivity contribution in [1.29, 1.82) is 0 Å². The van der Waals surface area contributed by atoms with Crippen LogP contribution in [0.3, 0.4) is 0 Å². The van der Waals surface area contributed by atoms with Crippen molar-refractivity contribution in [2.45, 2.75) is 71.4 Å². The fourth-order valence-electron chi connectivity index (χ4n) is 3.51. The summed E-state index contributed by atoms with van der Waals surface area (Å²) >= 11 is 0. The first-order chi connectivity index (χ1) is 19.1. The number of halogens is 4. The second kappa shape index (κ2) is 14.7. The van der Waals surface area contributed by atoms with E-state index in [1.165, 1.54) is 0 Å². The van der Waals surface area contributed by atoms with Crippen LogP contribution in [0.15, 0.2) is 36.4 Å². The van der Waals surface area contributed by atoms with E-state index < -0.39 is 89.7 Å². The topological polar surface area (TPSA) is 123 Å². The molecule has 0 fully saturated rings. The molecule has 2 rings (SSSR count).